The number of nitrogens with one attached hydrogen (secondary N) is 2. The molecule has 0 unspecified atom stereocenters. The standard InChI is InChI=1S/C21H18N4O3/c1-27-18-6-7-20(28-2)19(10-18)25-21(26)15-9-17(13-23-12-15)24-16-5-3-4-14(8-16)11-22/h3-10,12-13,24H,1-2H3,(H,25,26). The van der Waals surface area contributed by atoms with Crippen LogP contribution in [-0.2, 0) is 0 Å². The number of methoxy groups -OCH3 is 2. The fourth-order valence-electron chi connectivity index (χ4n) is 2.57. The lowest BCUT2D eigenvalue weighted by molar-refractivity contribution is 0.102. The number of nitrogens with zero attached hydrogens (tertiary/aromatic N) is 2. The van der Waals surface area contributed by atoms with Crippen molar-refractivity contribution in [2.75, 3.05) is 24.9 Å². The first-order chi connectivity index (χ1) is 13.6. The maximum absolute atomic E-state index is 12.7. The summed E-state index contributed by atoms with van der Waals surface area (Å²) in [6.45, 7) is 0. The third-order valence-corrected chi connectivity index (χ3v) is 3.94. The number of ether oxygens (including phenoxy) is 2. The maximum Gasteiger partial charge on any atom is 0.257 e. The van der Waals surface area contributed by atoms with Gasteiger partial charge in [-0.15, -0.1) is 0 Å². The van der Waals surface area contributed by atoms with E-state index < -0.39 is 0 Å². The molecule has 0 fully saturated rings. The number of rotatable bonds is 6. The van der Waals surface area contributed by atoms with Gasteiger partial charge in [-0.25, -0.2) is 0 Å². The summed E-state index contributed by atoms with van der Waals surface area (Å²) in [5.74, 6) is 0.778. The Morgan fingerprint density at radius 3 is 2.64 bits per heavy atom. The van der Waals surface area contributed by atoms with Crippen LogP contribution in [0.5, 0.6) is 11.5 Å². The highest BCUT2D eigenvalue weighted by molar-refractivity contribution is 6.05. The molecular weight excluding hydrogens is 356 g/mol. The molecule has 2 aromatic carbocycles. The van der Waals surface area contributed by atoms with Crippen LogP contribution >= 0.6 is 0 Å². The van der Waals surface area contributed by atoms with Crippen LogP contribution in [0.15, 0.2) is 60.9 Å². The first kappa shape index (κ1) is 18.7. The highest BCUT2D eigenvalue weighted by atomic mass is 16.5. The van der Waals surface area contributed by atoms with Gasteiger partial charge in [-0.2, -0.15) is 5.26 Å². The van der Waals surface area contributed by atoms with Crippen LogP contribution in [0.2, 0.25) is 0 Å². The van der Waals surface area contributed by atoms with E-state index in [1.807, 2.05) is 6.07 Å². The number of anilines is 3. The summed E-state index contributed by atoms with van der Waals surface area (Å²) in [6.07, 6.45) is 3.07. The lowest BCUT2D eigenvalue weighted by atomic mass is 10.2. The third-order valence-electron chi connectivity index (χ3n) is 3.94. The van der Waals surface area contributed by atoms with Crippen molar-refractivity contribution in [3.63, 3.8) is 0 Å². The SMILES string of the molecule is COc1ccc(OC)c(NC(=O)c2cncc(Nc3cccc(C#N)c3)c2)c1. The van der Waals surface area contributed by atoms with Gasteiger partial charge in [0, 0.05) is 18.0 Å². The van der Waals surface area contributed by atoms with Crippen molar-refractivity contribution in [3.05, 3.63) is 72.1 Å². The molecule has 3 rings (SSSR count). The van der Waals surface area contributed by atoms with Gasteiger partial charge in [0.25, 0.3) is 5.91 Å². The van der Waals surface area contributed by atoms with Crippen LogP contribution < -0.4 is 20.1 Å². The van der Waals surface area contributed by atoms with Crippen LogP contribution in [-0.4, -0.2) is 25.1 Å². The summed E-state index contributed by atoms with van der Waals surface area (Å²) >= 11 is 0. The molecule has 0 saturated carbocycles. The lowest BCUT2D eigenvalue weighted by Crippen LogP contribution is -2.13. The maximum atomic E-state index is 12.7. The molecular formula is C21H18N4O3. The smallest absolute Gasteiger partial charge is 0.257 e. The van der Waals surface area contributed by atoms with Gasteiger partial charge in [0.2, 0.25) is 0 Å². The number of aromatic nitrogens is 1. The van der Waals surface area contributed by atoms with E-state index in [4.69, 9.17) is 14.7 Å². The van der Waals surface area contributed by atoms with Crippen LogP contribution in [0, 0.1) is 11.3 Å². The molecule has 1 heterocycles. The number of amides is 1. The Hall–Kier alpha value is -4.05. The molecule has 0 saturated heterocycles. The zero-order valence-electron chi connectivity index (χ0n) is 15.4. The number of carbonyl (C=O) groups is 1. The molecule has 0 atom stereocenters. The minimum absolute atomic E-state index is 0.339. The number of carbonyl (C=O) groups excluding carboxylic acids is 1. The number of pyridine rings is 1. The van der Waals surface area contributed by atoms with Crippen LogP contribution in [0.25, 0.3) is 0 Å². The van der Waals surface area contributed by atoms with E-state index in [1.165, 1.54) is 13.3 Å². The molecule has 140 valence electrons. The zero-order chi connectivity index (χ0) is 19.9. The summed E-state index contributed by atoms with van der Waals surface area (Å²) in [5, 5.41) is 15.0. The zero-order valence-corrected chi connectivity index (χ0v) is 15.4. The van der Waals surface area contributed by atoms with Crippen molar-refractivity contribution in [1.29, 1.82) is 5.26 Å². The Balaban J connectivity index is 1.80. The summed E-state index contributed by atoms with van der Waals surface area (Å²) in [5.41, 5.74) is 2.75. The van der Waals surface area contributed by atoms with Crippen LogP contribution in [0.3, 0.4) is 0 Å². The van der Waals surface area contributed by atoms with Gasteiger partial charge in [-0.05, 0) is 36.4 Å². The van der Waals surface area contributed by atoms with Crippen molar-refractivity contribution in [2.24, 2.45) is 0 Å². The lowest BCUT2D eigenvalue weighted by Gasteiger charge is -2.12. The third kappa shape index (κ3) is 4.37. The quantitative estimate of drug-likeness (QED) is 0.678. The van der Waals surface area contributed by atoms with Crippen molar-refractivity contribution >= 4 is 23.0 Å². The second kappa shape index (κ2) is 8.56. The van der Waals surface area contributed by atoms with Crippen molar-refractivity contribution < 1.29 is 14.3 Å². The molecule has 0 aliphatic heterocycles. The molecule has 1 amide bonds. The summed E-state index contributed by atoms with van der Waals surface area (Å²) < 4.78 is 10.5. The average Bonchev–Trinajstić information content (AvgIpc) is 2.74. The minimum Gasteiger partial charge on any atom is -0.497 e. The van der Waals surface area contributed by atoms with E-state index in [0.717, 1.165) is 5.69 Å². The molecule has 3 aromatic rings. The molecule has 1 aromatic heterocycles. The molecule has 0 aliphatic carbocycles. The van der Waals surface area contributed by atoms with Gasteiger partial charge in [-0.3, -0.25) is 9.78 Å². The fourth-order valence-corrected chi connectivity index (χ4v) is 2.57. The predicted molar refractivity (Wildman–Crippen MR) is 106 cm³/mol. The topological polar surface area (TPSA) is 96.3 Å². The van der Waals surface area contributed by atoms with Crippen LogP contribution in [0.4, 0.5) is 17.1 Å². The van der Waals surface area contributed by atoms with E-state index in [9.17, 15) is 4.79 Å². The Kier molecular flexibility index (Phi) is 5.72. The van der Waals surface area contributed by atoms with Crippen LogP contribution in [0.1, 0.15) is 15.9 Å². The van der Waals surface area contributed by atoms with Gasteiger partial charge in [-0.1, -0.05) is 6.07 Å². The van der Waals surface area contributed by atoms with E-state index in [0.29, 0.717) is 34.0 Å². The predicted octanol–water partition coefficient (Wildman–Crippen LogP) is 3.97. The largest absolute Gasteiger partial charge is 0.497 e. The second-order valence-corrected chi connectivity index (χ2v) is 5.80. The molecule has 2 N–H and O–H groups in total. The normalized spacial score (nSPS) is 9.89. The van der Waals surface area contributed by atoms with E-state index in [-0.39, 0.29) is 5.91 Å². The van der Waals surface area contributed by atoms with Crippen molar-refractivity contribution in [2.45, 2.75) is 0 Å². The first-order valence-corrected chi connectivity index (χ1v) is 8.38. The summed E-state index contributed by atoms with van der Waals surface area (Å²) in [4.78, 5) is 16.8. The molecule has 0 aliphatic rings. The molecule has 0 radical (unpaired) electrons. The average molecular weight is 374 g/mol. The number of nitriles is 1. The molecule has 7 nitrogen and oxygen atoms in total. The number of benzene rings is 2. The van der Waals surface area contributed by atoms with Gasteiger partial charge in [0.1, 0.15) is 11.5 Å². The fraction of sp³-hybridized carbons (Fsp3) is 0.0952. The number of hydrogen-bond acceptors (Lipinski definition) is 6. The second-order valence-electron chi connectivity index (χ2n) is 5.80. The summed E-state index contributed by atoms with van der Waals surface area (Å²) in [6, 6.07) is 15.9. The Labute approximate surface area is 162 Å². The van der Waals surface area contributed by atoms with Gasteiger partial charge < -0.3 is 20.1 Å². The Morgan fingerprint density at radius 1 is 1.04 bits per heavy atom. The highest BCUT2D eigenvalue weighted by Crippen LogP contribution is 2.29. The molecule has 0 bridgehead atoms. The Morgan fingerprint density at radius 2 is 1.89 bits per heavy atom. The number of hydrogen-bond donors (Lipinski definition) is 2. The van der Waals surface area contributed by atoms with Gasteiger partial charge >= 0.3 is 0 Å². The van der Waals surface area contributed by atoms with E-state index in [2.05, 4.69) is 21.7 Å². The van der Waals surface area contributed by atoms with E-state index in [1.54, 1.807) is 55.8 Å². The van der Waals surface area contributed by atoms with Gasteiger partial charge in [0.05, 0.1) is 49.0 Å². The Bertz CT molecular complexity index is 1040. The minimum atomic E-state index is -0.339. The van der Waals surface area contributed by atoms with Crippen molar-refractivity contribution in [3.8, 4) is 17.6 Å². The molecule has 7 heteroatoms. The van der Waals surface area contributed by atoms with E-state index >= 15 is 0 Å². The highest BCUT2D eigenvalue weighted by Gasteiger charge is 2.12. The van der Waals surface area contributed by atoms with Crippen molar-refractivity contribution in [1.82, 2.24) is 4.98 Å². The van der Waals surface area contributed by atoms with Gasteiger partial charge in [0.15, 0.2) is 0 Å². The summed E-state index contributed by atoms with van der Waals surface area (Å²) in [7, 11) is 3.08. The monoisotopic (exact) mass is 374 g/mol. The molecule has 0 spiro atoms. The molecule has 28 heavy (non-hydrogen) atoms. The first-order valence-electron chi connectivity index (χ1n) is 8.38.